The molecule has 0 aromatic heterocycles. The fraction of sp³-hybridized carbons (Fsp3) is 0.500. The van der Waals surface area contributed by atoms with Crippen molar-refractivity contribution < 1.29 is 14.3 Å². The van der Waals surface area contributed by atoms with Crippen LogP contribution in [0.5, 0.6) is 5.75 Å². The van der Waals surface area contributed by atoms with Crippen LogP contribution < -0.4 is 15.8 Å². The molecule has 1 aliphatic rings. The highest BCUT2D eigenvalue weighted by molar-refractivity contribution is 5.79. The van der Waals surface area contributed by atoms with E-state index in [0.717, 1.165) is 37.1 Å². The maximum atomic E-state index is 12.5. The minimum absolute atomic E-state index is 0.0343. The molecule has 0 bridgehead atoms. The number of nitrogens with two attached hydrogens (primary N) is 1. The van der Waals surface area contributed by atoms with Crippen LogP contribution in [0.3, 0.4) is 0 Å². The van der Waals surface area contributed by atoms with E-state index >= 15 is 0 Å². The number of piperidine rings is 1. The van der Waals surface area contributed by atoms with E-state index in [-0.39, 0.29) is 11.9 Å². The van der Waals surface area contributed by atoms with Gasteiger partial charge in [-0.25, -0.2) is 4.79 Å². The van der Waals surface area contributed by atoms with Gasteiger partial charge in [0.1, 0.15) is 5.75 Å². The third-order valence-corrected chi connectivity index (χ3v) is 3.97. The Morgan fingerprint density at radius 1 is 1.32 bits per heavy atom. The summed E-state index contributed by atoms with van der Waals surface area (Å²) in [4.78, 5) is 25.3. The molecule has 0 spiro atoms. The molecule has 3 amide bonds. The fourth-order valence-electron chi connectivity index (χ4n) is 2.78. The standard InChI is InChI=1S/C16H23N3O3/c1-22-14-7-5-12(6-8-14)10-15(20)19-9-3-2-4-13(19)11-18-16(17)21/h5-8,13H,2-4,9-11H2,1H3,(H3,17,18,21). The van der Waals surface area contributed by atoms with Crippen LogP contribution >= 0.6 is 0 Å². The van der Waals surface area contributed by atoms with Crippen molar-refractivity contribution in [2.75, 3.05) is 20.2 Å². The lowest BCUT2D eigenvalue weighted by atomic mass is 10.0. The molecular weight excluding hydrogens is 282 g/mol. The quantitative estimate of drug-likeness (QED) is 0.859. The van der Waals surface area contributed by atoms with Gasteiger partial charge in [-0.2, -0.15) is 0 Å². The van der Waals surface area contributed by atoms with E-state index in [9.17, 15) is 9.59 Å². The van der Waals surface area contributed by atoms with E-state index in [1.54, 1.807) is 7.11 Å². The van der Waals surface area contributed by atoms with E-state index in [1.165, 1.54) is 0 Å². The number of likely N-dealkylation sites (tertiary alicyclic amines) is 1. The molecule has 3 N–H and O–H groups in total. The number of ether oxygens (including phenoxy) is 1. The Morgan fingerprint density at radius 3 is 2.68 bits per heavy atom. The molecule has 1 saturated heterocycles. The summed E-state index contributed by atoms with van der Waals surface area (Å²) < 4.78 is 5.11. The number of methoxy groups -OCH3 is 1. The van der Waals surface area contributed by atoms with Crippen molar-refractivity contribution in [3.8, 4) is 5.75 Å². The first-order valence-electron chi connectivity index (χ1n) is 7.56. The minimum atomic E-state index is -0.548. The van der Waals surface area contributed by atoms with Gasteiger partial charge in [0, 0.05) is 19.1 Å². The molecule has 6 nitrogen and oxygen atoms in total. The van der Waals surface area contributed by atoms with Crippen LogP contribution in [0.4, 0.5) is 4.79 Å². The lowest BCUT2D eigenvalue weighted by molar-refractivity contribution is -0.134. The molecule has 0 radical (unpaired) electrons. The molecule has 1 aromatic carbocycles. The predicted molar refractivity (Wildman–Crippen MR) is 83.6 cm³/mol. The van der Waals surface area contributed by atoms with Gasteiger partial charge in [0.05, 0.1) is 13.5 Å². The van der Waals surface area contributed by atoms with E-state index in [0.29, 0.717) is 13.0 Å². The number of hydrogen-bond acceptors (Lipinski definition) is 3. The van der Waals surface area contributed by atoms with Gasteiger partial charge >= 0.3 is 6.03 Å². The minimum Gasteiger partial charge on any atom is -0.497 e. The van der Waals surface area contributed by atoms with Crippen molar-refractivity contribution in [1.82, 2.24) is 10.2 Å². The van der Waals surface area contributed by atoms with Crippen molar-refractivity contribution in [2.45, 2.75) is 31.7 Å². The first-order chi connectivity index (χ1) is 10.6. The van der Waals surface area contributed by atoms with Gasteiger partial charge in [0.2, 0.25) is 5.91 Å². The van der Waals surface area contributed by atoms with Gasteiger partial charge in [-0.15, -0.1) is 0 Å². The molecule has 1 unspecified atom stereocenters. The van der Waals surface area contributed by atoms with Crippen LogP contribution in [0.2, 0.25) is 0 Å². The smallest absolute Gasteiger partial charge is 0.312 e. The van der Waals surface area contributed by atoms with Crippen LogP contribution in [0.1, 0.15) is 24.8 Å². The van der Waals surface area contributed by atoms with E-state index in [1.807, 2.05) is 29.2 Å². The average Bonchev–Trinajstić information content (AvgIpc) is 2.54. The summed E-state index contributed by atoms with van der Waals surface area (Å²) in [6.45, 7) is 1.16. The summed E-state index contributed by atoms with van der Waals surface area (Å²) >= 11 is 0. The zero-order valence-corrected chi connectivity index (χ0v) is 12.9. The first-order valence-corrected chi connectivity index (χ1v) is 7.56. The molecule has 1 aromatic rings. The average molecular weight is 305 g/mol. The van der Waals surface area contributed by atoms with Gasteiger partial charge in [-0.05, 0) is 37.0 Å². The van der Waals surface area contributed by atoms with Crippen LogP contribution in [0.25, 0.3) is 0 Å². The second-order valence-electron chi connectivity index (χ2n) is 5.51. The first kappa shape index (κ1) is 16.1. The molecule has 1 aliphatic heterocycles. The lowest BCUT2D eigenvalue weighted by Gasteiger charge is -2.36. The zero-order chi connectivity index (χ0) is 15.9. The van der Waals surface area contributed by atoms with Crippen LogP contribution in [0, 0.1) is 0 Å². The highest BCUT2D eigenvalue weighted by Gasteiger charge is 2.26. The van der Waals surface area contributed by atoms with Crippen molar-refractivity contribution >= 4 is 11.9 Å². The molecule has 120 valence electrons. The third-order valence-electron chi connectivity index (χ3n) is 3.97. The summed E-state index contributed by atoms with van der Waals surface area (Å²) in [6.07, 6.45) is 3.32. The van der Waals surface area contributed by atoms with Crippen molar-refractivity contribution in [3.05, 3.63) is 29.8 Å². The molecule has 2 rings (SSSR count). The van der Waals surface area contributed by atoms with Gasteiger partial charge in [0.15, 0.2) is 0 Å². The number of carbonyl (C=O) groups is 2. The molecule has 0 aliphatic carbocycles. The van der Waals surface area contributed by atoms with Crippen LogP contribution in [-0.2, 0) is 11.2 Å². The lowest BCUT2D eigenvalue weighted by Crippen LogP contribution is -2.50. The molecule has 22 heavy (non-hydrogen) atoms. The molecular formula is C16H23N3O3. The fourth-order valence-corrected chi connectivity index (χ4v) is 2.78. The van der Waals surface area contributed by atoms with Crippen molar-refractivity contribution in [1.29, 1.82) is 0 Å². The summed E-state index contributed by atoms with van der Waals surface area (Å²) in [6, 6.07) is 6.99. The maximum Gasteiger partial charge on any atom is 0.312 e. The topological polar surface area (TPSA) is 84.7 Å². The number of hydrogen-bond donors (Lipinski definition) is 2. The Labute approximate surface area is 130 Å². The Kier molecular flexibility index (Phi) is 5.63. The van der Waals surface area contributed by atoms with Crippen LogP contribution in [0.15, 0.2) is 24.3 Å². The normalized spacial score (nSPS) is 17.9. The highest BCUT2D eigenvalue weighted by atomic mass is 16.5. The second-order valence-corrected chi connectivity index (χ2v) is 5.51. The van der Waals surface area contributed by atoms with Crippen molar-refractivity contribution in [3.63, 3.8) is 0 Å². The van der Waals surface area contributed by atoms with Gasteiger partial charge in [-0.1, -0.05) is 12.1 Å². The molecule has 0 saturated carbocycles. The number of primary amides is 1. The Bertz CT molecular complexity index is 516. The van der Waals surface area contributed by atoms with Crippen LogP contribution in [-0.4, -0.2) is 43.1 Å². The van der Waals surface area contributed by atoms with E-state index in [2.05, 4.69) is 5.32 Å². The summed E-state index contributed by atoms with van der Waals surface area (Å²) in [5.41, 5.74) is 6.07. The summed E-state index contributed by atoms with van der Waals surface area (Å²) in [7, 11) is 1.62. The second kappa shape index (κ2) is 7.68. The van der Waals surface area contributed by atoms with Gasteiger partial charge in [-0.3, -0.25) is 4.79 Å². The number of amides is 3. The number of urea groups is 1. The highest BCUT2D eigenvalue weighted by Crippen LogP contribution is 2.19. The van der Waals surface area contributed by atoms with Gasteiger partial charge < -0.3 is 20.7 Å². The third kappa shape index (κ3) is 4.38. The Morgan fingerprint density at radius 2 is 2.05 bits per heavy atom. The molecule has 1 heterocycles. The zero-order valence-electron chi connectivity index (χ0n) is 12.9. The number of nitrogens with zero attached hydrogens (tertiary/aromatic N) is 1. The SMILES string of the molecule is COc1ccc(CC(=O)N2CCCCC2CNC(N)=O)cc1. The number of carbonyl (C=O) groups excluding carboxylic acids is 2. The largest absolute Gasteiger partial charge is 0.497 e. The van der Waals surface area contributed by atoms with E-state index < -0.39 is 6.03 Å². The molecule has 1 atom stereocenters. The van der Waals surface area contributed by atoms with Crippen molar-refractivity contribution in [2.24, 2.45) is 5.73 Å². The molecule has 1 fully saturated rings. The number of nitrogens with one attached hydrogen (secondary N) is 1. The number of rotatable bonds is 5. The maximum absolute atomic E-state index is 12.5. The monoisotopic (exact) mass is 305 g/mol. The summed E-state index contributed by atoms with van der Waals surface area (Å²) in [5, 5.41) is 2.61. The van der Waals surface area contributed by atoms with E-state index in [4.69, 9.17) is 10.5 Å². The summed E-state index contributed by atoms with van der Waals surface area (Å²) in [5.74, 6) is 0.860. The van der Waals surface area contributed by atoms with Gasteiger partial charge in [0.25, 0.3) is 0 Å². The Hall–Kier alpha value is -2.24. The number of benzene rings is 1. The molecule has 6 heteroatoms. The Balaban J connectivity index is 1.96. The predicted octanol–water partition coefficient (Wildman–Crippen LogP) is 1.29.